The summed E-state index contributed by atoms with van der Waals surface area (Å²) in [4.78, 5) is 6.83. The molecule has 2 N–H and O–H groups in total. The van der Waals surface area contributed by atoms with Gasteiger partial charge in [-0.25, -0.2) is 0 Å². The average molecular weight is 251 g/mol. The Bertz CT molecular complexity index is 414. The van der Waals surface area contributed by atoms with Crippen molar-refractivity contribution in [2.45, 2.75) is 26.1 Å². The van der Waals surface area contributed by atoms with Crippen LogP contribution in [-0.4, -0.2) is 35.3 Å². The number of thiocarbonyl (C=S) groups is 1. The molecule has 1 saturated heterocycles. The van der Waals surface area contributed by atoms with Crippen LogP contribution in [0.4, 0.5) is 5.69 Å². The molecule has 1 aliphatic rings. The van der Waals surface area contributed by atoms with Gasteiger partial charge in [0.15, 0.2) is 0 Å². The van der Waals surface area contributed by atoms with Crippen LogP contribution in [0.3, 0.4) is 0 Å². The van der Waals surface area contributed by atoms with Gasteiger partial charge in [0, 0.05) is 19.3 Å². The average Bonchev–Trinajstić information content (AvgIpc) is 2.27. The van der Waals surface area contributed by atoms with Crippen LogP contribution in [0.15, 0.2) is 18.3 Å². The van der Waals surface area contributed by atoms with Crippen molar-refractivity contribution < 1.29 is 4.74 Å². The van der Waals surface area contributed by atoms with E-state index in [0.717, 1.165) is 18.8 Å². The summed E-state index contributed by atoms with van der Waals surface area (Å²) in [5.74, 6) is 0. The number of hydrogen-bond donors (Lipinski definition) is 1. The summed E-state index contributed by atoms with van der Waals surface area (Å²) in [6.45, 7) is 5.82. The Balaban J connectivity index is 2.30. The first-order valence-corrected chi connectivity index (χ1v) is 6.14. The van der Waals surface area contributed by atoms with Crippen molar-refractivity contribution in [1.82, 2.24) is 4.98 Å². The van der Waals surface area contributed by atoms with Gasteiger partial charge >= 0.3 is 0 Å². The molecule has 0 radical (unpaired) electrons. The lowest BCUT2D eigenvalue weighted by molar-refractivity contribution is -0.00524. The number of hydrogen-bond acceptors (Lipinski definition) is 4. The molecule has 2 unspecified atom stereocenters. The molecule has 0 saturated carbocycles. The van der Waals surface area contributed by atoms with E-state index in [2.05, 4.69) is 23.7 Å². The molecular formula is C12H17N3OS. The zero-order valence-corrected chi connectivity index (χ0v) is 10.9. The van der Waals surface area contributed by atoms with Gasteiger partial charge in [-0.1, -0.05) is 12.2 Å². The molecule has 1 aliphatic heterocycles. The highest BCUT2D eigenvalue weighted by Crippen LogP contribution is 2.22. The lowest BCUT2D eigenvalue weighted by atomic mass is 10.2. The normalized spacial score (nSPS) is 24.7. The summed E-state index contributed by atoms with van der Waals surface area (Å²) >= 11 is 5.04. The first-order chi connectivity index (χ1) is 8.08. The van der Waals surface area contributed by atoms with Gasteiger partial charge in [0.1, 0.15) is 10.7 Å². The maximum absolute atomic E-state index is 5.71. The van der Waals surface area contributed by atoms with E-state index in [1.807, 2.05) is 12.1 Å². The van der Waals surface area contributed by atoms with Crippen LogP contribution in [0, 0.1) is 0 Å². The number of morpholine rings is 1. The van der Waals surface area contributed by atoms with Crippen LogP contribution in [0.25, 0.3) is 0 Å². The predicted octanol–water partition coefficient (Wildman–Crippen LogP) is 1.33. The zero-order valence-electron chi connectivity index (χ0n) is 10.1. The van der Waals surface area contributed by atoms with Gasteiger partial charge in [0.25, 0.3) is 0 Å². The van der Waals surface area contributed by atoms with E-state index >= 15 is 0 Å². The Morgan fingerprint density at radius 1 is 1.47 bits per heavy atom. The monoisotopic (exact) mass is 251 g/mol. The molecule has 0 amide bonds. The maximum Gasteiger partial charge on any atom is 0.124 e. The summed E-state index contributed by atoms with van der Waals surface area (Å²) in [6, 6.07) is 3.91. The topological polar surface area (TPSA) is 51.4 Å². The van der Waals surface area contributed by atoms with Crippen LogP contribution < -0.4 is 10.6 Å². The molecule has 2 rings (SSSR count). The number of pyridine rings is 1. The van der Waals surface area contributed by atoms with Crippen LogP contribution in [0.2, 0.25) is 0 Å². The third-order valence-electron chi connectivity index (χ3n) is 2.78. The van der Waals surface area contributed by atoms with Gasteiger partial charge in [-0.3, -0.25) is 4.98 Å². The van der Waals surface area contributed by atoms with Crippen molar-refractivity contribution in [3.8, 4) is 0 Å². The van der Waals surface area contributed by atoms with E-state index in [0.29, 0.717) is 10.7 Å². The van der Waals surface area contributed by atoms with E-state index in [1.165, 1.54) is 0 Å². The van der Waals surface area contributed by atoms with Crippen molar-refractivity contribution in [1.29, 1.82) is 0 Å². The lowest BCUT2D eigenvalue weighted by Crippen LogP contribution is -2.46. The molecule has 0 bridgehead atoms. The summed E-state index contributed by atoms with van der Waals surface area (Å²) in [7, 11) is 0. The minimum atomic E-state index is 0.207. The molecule has 5 heteroatoms. The van der Waals surface area contributed by atoms with Gasteiger partial charge in [0.2, 0.25) is 0 Å². The second kappa shape index (κ2) is 4.98. The minimum absolute atomic E-state index is 0.207. The SMILES string of the molecule is CC1CN(c2cccnc2C(N)=S)CC(C)O1. The highest BCUT2D eigenvalue weighted by Gasteiger charge is 2.24. The molecule has 0 spiro atoms. The Labute approximate surface area is 107 Å². The highest BCUT2D eigenvalue weighted by molar-refractivity contribution is 7.80. The molecule has 2 heterocycles. The van der Waals surface area contributed by atoms with Gasteiger partial charge in [-0.15, -0.1) is 0 Å². The van der Waals surface area contributed by atoms with Gasteiger partial charge in [-0.05, 0) is 26.0 Å². The second-order valence-corrected chi connectivity index (χ2v) is 4.84. The minimum Gasteiger partial charge on any atom is -0.388 e. The van der Waals surface area contributed by atoms with Crippen molar-refractivity contribution in [3.63, 3.8) is 0 Å². The predicted molar refractivity (Wildman–Crippen MR) is 72.3 cm³/mol. The van der Waals surface area contributed by atoms with E-state index in [4.69, 9.17) is 22.7 Å². The van der Waals surface area contributed by atoms with E-state index < -0.39 is 0 Å². The van der Waals surface area contributed by atoms with Crippen LogP contribution in [-0.2, 0) is 4.74 Å². The van der Waals surface area contributed by atoms with Crippen molar-refractivity contribution >= 4 is 22.9 Å². The summed E-state index contributed by atoms with van der Waals surface area (Å²) in [6.07, 6.45) is 2.13. The second-order valence-electron chi connectivity index (χ2n) is 4.40. The lowest BCUT2D eigenvalue weighted by Gasteiger charge is -2.37. The molecule has 2 atom stereocenters. The van der Waals surface area contributed by atoms with Crippen molar-refractivity contribution in [2.75, 3.05) is 18.0 Å². The third kappa shape index (κ3) is 2.73. The fraction of sp³-hybridized carbons (Fsp3) is 0.500. The number of aromatic nitrogens is 1. The third-order valence-corrected chi connectivity index (χ3v) is 2.97. The summed E-state index contributed by atoms with van der Waals surface area (Å²) in [5, 5.41) is 0. The number of rotatable bonds is 2. The van der Waals surface area contributed by atoms with Crippen LogP contribution >= 0.6 is 12.2 Å². The Morgan fingerprint density at radius 3 is 2.71 bits per heavy atom. The number of anilines is 1. The molecule has 4 nitrogen and oxygen atoms in total. The first-order valence-electron chi connectivity index (χ1n) is 5.73. The molecule has 1 aromatic heterocycles. The summed E-state index contributed by atoms with van der Waals surface area (Å²) in [5.41, 5.74) is 7.40. The Morgan fingerprint density at radius 2 is 2.12 bits per heavy atom. The van der Waals surface area contributed by atoms with Gasteiger partial charge < -0.3 is 15.4 Å². The highest BCUT2D eigenvalue weighted by atomic mass is 32.1. The van der Waals surface area contributed by atoms with E-state index in [1.54, 1.807) is 6.20 Å². The fourth-order valence-corrected chi connectivity index (χ4v) is 2.37. The standard InChI is InChI=1S/C12H17N3OS/c1-8-6-15(7-9(2)16-8)10-4-3-5-14-11(10)12(13)17/h3-5,8-9H,6-7H2,1-2H3,(H2,13,17). The number of ether oxygens (including phenoxy) is 1. The van der Waals surface area contributed by atoms with Crippen LogP contribution in [0.1, 0.15) is 19.5 Å². The van der Waals surface area contributed by atoms with Gasteiger partial charge in [0.05, 0.1) is 17.9 Å². The fourth-order valence-electron chi connectivity index (χ4n) is 2.22. The quantitative estimate of drug-likeness (QED) is 0.804. The Kier molecular flexibility index (Phi) is 3.59. The van der Waals surface area contributed by atoms with Crippen molar-refractivity contribution in [2.24, 2.45) is 5.73 Å². The van der Waals surface area contributed by atoms with E-state index in [9.17, 15) is 0 Å². The molecule has 1 fully saturated rings. The van der Waals surface area contributed by atoms with Gasteiger partial charge in [-0.2, -0.15) is 0 Å². The first kappa shape index (κ1) is 12.3. The molecule has 17 heavy (non-hydrogen) atoms. The Hall–Kier alpha value is -1.20. The molecule has 0 aromatic carbocycles. The van der Waals surface area contributed by atoms with Crippen molar-refractivity contribution in [3.05, 3.63) is 24.0 Å². The molecule has 0 aliphatic carbocycles. The summed E-state index contributed by atoms with van der Waals surface area (Å²) < 4.78 is 5.71. The largest absolute Gasteiger partial charge is 0.388 e. The van der Waals surface area contributed by atoms with Crippen LogP contribution in [0.5, 0.6) is 0 Å². The molecular weight excluding hydrogens is 234 g/mol. The molecule has 92 valence electrons. The zero-order chi connectivity index (χ0) is 12.4. The van der Waals surface area contributed by atoms with E-state index in [-0.39, 0.29) is 12.2 Å². The smallest absolute Gasteiger partial charge is 0.124 e. The maximum atomic E-state index is 5.71. The molecule has 1 aromatic rings. The number of nitrogens with two attached hydrogens (primary N) is 1. The number of nitrogens with zero attached hydrogens (tertiary/aromatic N) is 2.